The van der Waals surface area contributed by atoms with E-state index in [1.165, 1.54) is 5.56 Å². The number of carbonyl (C=O) groups excluding carboxylic acids is 1. The summed E-state index contributed by atoms with van der Waals surface area (Å²) in [7, 11) is 1.78. The van der Waals surface area contributed by atoms with Gasteiger partial charge in [0.25, 0.3) is 0 Å². The van der Waals surface area contributed by atoms with Crippen molar-refractivity contribution >= 4 is 11.9 Å². The molecule has 1 atom stereocenters. The van der Waals surface area contributed by atoms with Gasteiger partial charge >= 0.3 is 0 Å². The molecule has 0 aliphatic carbocycles. The number of hydrogen-bond donors (Lipinski definition) is 2. The van der Waals surface area contributed by atoms with Crippen molar-refractivity contribution in [3.63, 3.8) is 0 Å². The van der Waals surface area contributed by atoms with Crippen molar-refractivity contribution in [2.45, 2.75) is 25.9 Å². The maximum absolute atomic E-state index is 11.1. The van der Waals surface area contributed by atoms with E-state index in [2.05, 4.69) is 27.3 Å². The van der Waals surface area contributed by atoms with Crippen LogP contribution < -0.4 is 11.1 Å². The molecule has 1 fully saturated rings. The van der Waals surface area contributed by atoms with Crippen molar-refractivity contribution in [2.24, 2.45) is 16.6 Å². The maximum Gasteiger partial charge on any atom is 0.217 e. The van der Waals surface area contributed by atoms with E-state index in [1.807, 2.05) is 18.2 Å². The van der Waals surface area contributed by atoms with E-state index in [1.54, 1.807) is 7.05 Å². The molecule has 24 heavy (non-hydrogen) atoms. The molecule has 1 aliphatic heterocycles. The Morgan fingerprint density at radius 3 is 2.92 bits per heavy atom. The summed E-state index contributed by atoms with van der Waals surface area (Å²) in [6.45, 7) is 3.72. The number of nitrogens with two attached hydrogens (primary N) is 1. The van der Waals surface area contributed by atoms with Crippen LogP contribution in [-0.4, -0.2) is 50.1 Å². The topological polar surface area (TPSA) is 80.0 Å². The van der Waals surface area contributed by atoms with Gasteiger partial charge in [-0.2, -0.15) is 0 Å². The van der Waals surface area contributed by atoms with Crippen LogP contribution in [0, 0.1) is 5.92 Å². The molecular formula is C18H28N4O2. The van der Waals surface area contributed by atoms with Crippen molar-refractivity contribution in [3.8, 4) is 0 Å². The molecule has 1 aliphatic rings. The van der Waals surface area contributed by atoms with Gasteiger partial charge < -0.3 is 20.7 Å². The average Bonchev–Trinajstić information content (AvgIpc) is 2.58. The summed E-state index contributed by atoms with van der Waals surface area (Å²) in [6, 6.07) is 10.1. The third-order valence-electron chi connectivity index (χ3n) is 4.16. The number of aliphatic imine (C=N–C) groups is 1. The minimum Gasteiger partial charge on any atom is -0.375 e. The van der Waals surface area contributed by atoms with Crippen LogP contribution in [0.2, 0.25) is 0 Å². The van der Waals surface area contributed by atoms with E-state index in [0.29, 0.717) is 32.1 Å². The smallest absolute Gasteiger partial charge is 0.217 e. The van der Waals surface area contributed by atoms with Crippen LogP contribution in [0.5, 0.6) is 0 Å². The number of guanidine groups is 1. The summed E-state index contributed by atoms with van der Waals surface area (Å²) in [6.07, 6.45) is 2.56. The van der Waals surface area contributed by atoms with Crippen LogP contribution in [0.25, 0.3) is 0 Å². The van der Waals surface area contributed by atoms with Gasteiger partial charge in [-0.3, -0.25) is 9.79 Å². The highest BCUT2D eigenvalue weighted by molar-refractivity contribution is 5.80. The summed E-state index contributed by atoms with van der Waals surface area (Å²) in [5.41, 5.74) is 6.49. The van der Waals surface area contributed by atoms with E-state index in [0.717, 1.165) is 31.9 Å². The molecule has 1 aromatic carbocycles. The second-order valence-corrected chi connectivity index (χ2v) is 6.14. The molecule has 132 valence electrons. The number of primary amides is 1. The van der Waals surface area contributed by atoms with Crippen molar-refractivity contribution < 1.29 is 9.53 Å². The minimum atomic E-state index is -0.223. The highest BCUT2D eigenvalue weighted by atomic mass is 16.5. The van der Waals surface area contributed by atoms with Crippen molar-refractivity contribution in [1.29, 1.82) is 0 Å². The molecule has 6 nitrogen and oxygen atoms in total. The fourth-order valence-corrected chi connectivity index (χ4v) is 3.04. The van der Waals surface area contributed by atoms with Crippen LogP contribution in [0.15, 0.2) is 35.3 Å². The Bertz CT molecular complexity index is 533. The Labute approximate surface area is 144 Å². The second kappa shape index (κ2) is 9.93. The standard InChI is InChI=1S/C18H28N4O2/c1-20-18(22-10-5-8-16(13-22)12-17(19)23)21-9-11-24-14-15-6-3-2-4-7-15/h2-4,6-7,16H,5,8-14H2,1H3,(H2,19,23)(H,20,21). The number of piperidine rings is 1. The Morgan fingerprint density at radius 2 is 2.21 bits per heavy atom. The lowest BCUT2D eigenvalue weighted by Crippen LogP contribution is -2.47. The zero-order chi connectivity index (χ0) is 17.2. The fourth-order valence-electron chi connectivity index (χ4n) is 3.04. The fraction of sp³-hybridized carbons (Fsp3) is 0.556. The largest absolute Gasteiger partial charge is 0.375 e. The summed E-state index contributed by atoms with van der Waals surface area (Å²) in [5.74, 6) is 0.968. The van der Waals surface area contributed by atoms with Gasteiger partial charge in [0.1, 0.15) is 0 Å². The molecule has 1 heterocycles. The molecule has 2 rings (SSSR count). The summed E-state index contributed by atoms with van der Waals surface area (Å²) in [4.78, 5) is 17.7. The number of hydrogen-bond acceptors (Lipinski definition) is 3. The first kappa shape index (κ1) is 18.3. The van der Waals surface area contributed by atoms with E-state index in [4.69, 9.17) is 10.5 Å². The number of benzene rings is 1. The number of amides is 1. The molecule has 0 spiro atoms. The molecule has 1 aromatic rings. The van der Waals surface area contributed by atoms with Gasteiger partial charge in [-0.25, -0.2) is 0 Å². The molecule has 1 amide bonds. The van der Waals surface area contributed by atoms with Gasteiger partial charge in [0.15, 0.2) is 5.96 Å². The number of likely N-dealkylation sites (tertiary alicyclic amines) is 1. The van der Waals surface area contributed by atoms with Crippen LogP contribution in [-0.2, 0) is 16.1 Å². The molecule has 1 unspecified atom stereocenters. The molecule has 0 aromatic heterocycles. The van der Waals surface area contributed by atoms with Crippen molar-refractivity contribution in [1.82, 2.24) is 10.2 Å². The first-order valence-corrected chi connectivity index (χ1v) is 8.54. The highest BCUT2D eigenvalue weighted by Gasteiger charge is 2.23. The minimum absolute atomic E-state index is 0.223. The molecular weight excluding hydrogens is 304 g/mol. The van der Waals surface area contributed by atoms with Gasteiger partial charge in [0, 0.05) is 33.1 Å². The number of nitrogens with zero attached hydrogens (tertiary/aromatic N) is 2. The van der Waals surface area contributed by atoms with Crippen molar-refractivity contribution in [2.75, 3.05) is 33.3 Å². The van der Waals surface area contributed by atoms with Gasteiger partial charge in [-0.15, -0.1) is 0 Å². The number of ether oxygens (including phenoxy) is 1. The van der Waals surface area contributed by atoms with E-state index >= 15 is 0 Å². The van der Waals surface area contributed by atoms with Crippen LogP contribution in [0.3, 0.4) is 0 Å². The van der Waals surface area contributed by atoms with Gasteiger partial charge in [0.05, 0.1) is 13.2 Å². The zero-order valence-corrected chi connectivity index (χ0v) is 14.4. The Kier molecular flexibility index (Phi) is 7.55. The van der Waals surface area contributed by atoms with E-state index in [-0.39, 0.29) is 5.91 Å². The van der Waals surface area contributed by atoms with E-state index in [9.17, 15) is 4.79 Å². The maximum atomic E-state index is 11.1. The van der Waals surface area contributed by atoms with Gasteiger partial charge in [-0.05, 0) is 24.3 Å². The molecule has 0 radical (unpaired) electrons. The first-order chi connectivity index (χ1) is 11.7. The van der Waals surface area contributed by atoms with E-state index < -0.39 is 0 Å². The lowest BCUT2D eigenvalue weighted by molar-refractivity contribution is -0.119. The lowest BCUT2D eigenvalue weighted by Gasteiger charge is -2.34. The summed E-state index contributed by atoms with van der Waals surface area (Å²) in [5, 5.41) is 3.33. The van der Waals surface area contributed by atoms with Crippen LogP contribution in [0.1, 0.15) is 24.8 Å². The molecule has 1 saturated heterocycles. The third kappa shape index (κ3) is 6.20. The lowest BCUT2D eigenvalue weighted by atomic mass is 9.95. The average molecular weight is 332 g/mol. The number of nitrogens with one attached hydrogen (secondary N) is 1. The third-order valence-corrected chi connectivity index (χ3v) is 4.16. The summed E-state index contributed by atoms with van der Waals surface area (Å²) < 4.78 is 5.68. The van der Waals surface area contributed by atoms with Crippen LogP contribution in [0.4, 0.5) is 0 Å². The van der Waals surface area contributed by atoms with Crippen LogP contribution >= 0.6 is 0 Å². The SMILES string of the molecule is CN=C(NCCOCc1ccccc1)N1CCCC(CC(N)=O)C1. The first-order valence-electron chi connectivity index (χ1n) is 8.54. The number of rotatable bonds is 7. The molecule has 6 heteroatoms. The molecule has 3 N–H and O–H groups in total. The molecule has 0 saturated carbocycles. The summed E-state index contributed by atoms with van der Waals surface area (Å²) >= 11 is 0. The van der Waals surface area contributed by atoms with Crippen molar-refractivity contribution in [3.05, 3.63) is 35.9 Å². The van der Waals surface area contributed by atoms with Gasteiger partial charge in [-0.1, -0.05) is 30.3 Å². The zero-order valence-electron chi connectivity index (χ0n) is 14.4. The Hall–Kier alpha value is -2.08. The quantitative estimate of drug-likeness (QED) is 0.449. The Morgan fingerprint density at radius 1 is 1.42 bits per heavy atom. The number of carbonyl (C=O) groups is 1. The normalized spacial score (nSPS) is 18.5. The van der Waals surface area contributed by atoms with Gasteiger partial charge in [0.2, 0.25) is 5.91 Å². The monoisotopic (exact) mass is 332 g/mol. The molecule has 0 bridgehead atoms. The second-order valence-electron chi connectivity index (χ2n) is 6.14. The highest BCUT2D eigenvalue weighted by Crippen LogP contribution is 2.19. The predicted octanol–water partition coefficient (Wildman–Crippen LogP) is 1.37. The Balaban J connectivity index is 1.69. The predicted molar refractivity (Wildman–Crippen MR) is 95.6 cm³/mol.